The molecular formula is C13H14F2N2OS. The second kappa shape index (κ2) is 5.61. The Morgan fingerprint density at radius 3 is 2.58 bits per heavy atom. The first kappa shape index (κ1) is 13.9. The smallest absolute Gasteiger partial charge is 0.160 e. The van der Waals surface area contributed by atoms with Crippen molar-refractivity contribution in [3.8, 4) is 0 Å². The molecular weight excluding hydrogens is 270 g/mol. The van der Waals surface area contributed by atoms with E-state index in [9.17, 15) is 13.0 Å². The highest BCUT2D eigenvalue weighted by atomic mass is 32.2. The van der Waals surface area contributed by atoms with Crippen LogP contribution in [0, 0.1) is 11.6 Å². The molecule has 0 radical (unpaired) electrons. The zero-order chi connectivity index (χ0) is 14.0. The van der Waals surface area contributed by atoms with Gasteiger partial charge in [0.15, 0.2) is 11.6 Å². The number of hydrogen-bond acceptors (Lipinski definition) is 2. The first-order valence-electron chi connectivity index (χ1n) is 5.85. The van der Waals surface area contributed by atoms with Crippen LogP contribution in [-0.4, -0.2) is 14.0 Å². The molecule has 102 valence electrons. The molecule has 1 atom stereocenters. The normalized spacial score (nSPS) is 12.9. The fourth-order valence-electron chi connectivity index (χ4n) is 1.58. The Morgan fingerprint density at radius 1 is 1.26 bits per heavy atom. The molecule has 2 aromatic rings. The number of aromatic nitrogens is 2. The van der Waals surface area contributed by atoms with Gasteiger partial charge in [0.05, 0.1) is 22.2 Å². The van der Waals surface area contributed by atoms with Crippen LogP contribution in [0.15, 0.2) is 35.4 Å². The Hall–Kier alpha value is -1.56. The Morgan fingerprint density at radius 2 is 2.00 bits per heavy atom. The second-order valence-corrected chi connectivity index (χ2v) is 5.90. The molecule has 0 saturated carbocycles. The predicted molar refractivity (Wildman–Crippen MR) is 69.1 cm³/mol. The topological polar surface area (TPSA) is 34.9 Å². The lowest BCUT2D eigenvalue weighted by molar-refractivity contribution is 0.505. The van der Waals surface area contributed by atoms with Crippen LogP contribution in [-0.2, 0) is 16.6 Å². The van der Waals surface area contributed by atoms with Crippen molar-refractivity contribution in [1.29, 1.82) is 0 Å². The molecule has 3 nitrogen and oxygen atoms in total. The zero-order valence-corrected chi connectivity index (χ0v) is 11.5. The largest absolute Gasteiger partial charge is 0.270 e. The van der Waals surface area contributed by atoms with E-state index in [1.165, 1.54) is 6.07 Å². The summed E-state index contributed by atoms with van der Waals surface area (Å²) >= 11 is 0. The summed E-state index contributed by atoms with van der Waals surface area (Å²) in [6.07, 6.45) is 1.81. The Balaban J connectivity index is 2.13. The van der Waals surface area contributed by atoms with Crippen LogP contribution < -0.4 is 0 Å². The van der Waals surface area contributed by atoms with Crippen molar-refractivity contribution < 1.29 is 13.0 Å². The summed E-state index contributed by atoms with van der Waals surface area (Å²) in [5.74, 6) is -1.74. The van der Waals surface area contributed by atoms with E-state index in [1.807, 2.05) is 20.0 Å². The third-order valence-corrected chi connectivity index (χ3v) is 3.96. The molecule has 0 unspecified atom stereocenters. The lowest BCUT2D eigenvalue weighted by Crippen LogP contribution is -2.03. The number of rotatable bonds is 4. The van der Waals surface area contributed by atoms with Crippen LogP contribution in [0.4, 0.5) is 8.78 Å². The van der Waals surface area contributed by atoms with E-state index in [0.717, 1.165) is 12.1 Å². The molecule has 0 bridgehead atoms. The van der Waals surface area contributed by atoms with Gasteiger partial charge in [-0.2, -0.15) is 5.10 Å². The van der Waals surface area contributed by atoms with Gasteiger partial charge >= 0.3 is 0 Å². The molecule has 1 aromatic carbocycles. The molecule has 0 aliphatic rings. The monoisotopic (exact) mass is 284 g/mol. The maximum atomic E-state index is 13.1. The molecule has 0 amide bonds. The Kier molecular flexibility index (Phi) is 4.09. The van der Waals surface area contributed by atoms with Gasteiger partial charge in [-0.1, -0.05) is 0 Å². The molecule has 1 heterocycles. The fourth-order valence-corrected chi connectivity index (χ4v) is 2.62. The van der Waals surface area contributed by atoms with E-state index < -0.39 is 22.4 Å². The molecule has 0 N–H and O–H groups in total. The minimum atomic E-state index is -1.44. The molecule has 0 aliphatic carbocycles. The minimum absolute atomic E-state index is 0.185. The summed E-state index contributed by atoms with van der Waals surface area (Å²) in [7, 11) is -1.44. The lowest BCUT2D eigenvalue weighted by atomic mass is 10.3. The third-order valence-electron chi connectivity index (χ3n) is 2.63. The highest BCUT2D eigenvalue weighted by molar-refractivity contribution is 7.84. The van der Waals surface area contributed by atoms with Crippen molar-refractivity contribution in [2.75, 3.05) is 0 Å². The quantitative estimate of drug-likeness (QED) is 0.865. The van der Waals surface area contributed by atoms with E-state index in [1.54, 1.807) is 10.7 Å². The third kappa shape index (κ3) is 3.26. The number of benzene rings is 1. The molecule has 0 aliphatic heterocycles. The average Bonchev–Trinajstić information content (AvgIpc) is 2.81. The van der Waals surface area contributed by atoms with Gasteiger partial charge in [0.2, 0.25) is 0 Å². The summed E-state index contributed by atoms with van der Waals surface area (Å²) in [6, 6.07) is 5.27. The molecule has 6 heteroatoms. The van der Waals surface area contributed by atoms with E-state index >= 15 is 0 Å². The van der Waals surface area contributed by atoms with Crippen molar-refractivity contribution in [3.05, 3.63) is 47.8 Å². The summed E-state index contributed by atoms with van der Waals surface area (Å²) in [5, 5.41) is 4.27. The SMILES string of the molecule is CC(C)n1ccc(C[S@@](=O)c2ccc(F)c(F)c2)n1. The van der Waals surface area contributed by atoms with Crippen molar-refractivity contribution in [2.24, 2.45) is 0 Å². The van der Waals surface area contributed by atoms with Gasteiger partial charge in [0, 0.05) is 17.1 Å². The van der Waals surface area contributed by atoms with Crippen molar-refractivity contribution >= 4 is 10.8 Å². The molecule has 0 fully saturated rings. The molecule has 0 spiro atoms. The summed E-state index contributed by atoms with van der Waals surface area (Å²) in [5.41, 5.74) is 0.664. The molecule has 1 aromatic heterocycles. The van der Waals surface area contributed by atoms with Crippen molar-refractivity contribution in [3.63, 3.8) is 0 Å². The first-order valence-corrected chi connectivity index (χ1v) is 7.16. The number of nitrogens with zero attached hydrogens (tertiary/aromatic N) is 2. The van der Waals surface area contributed by atoms with Crippen molar-refractivity contribution in [2.45, 2.75) is 30.5 Å². The predicted octanol–water partition coefficient (Wildman–Crippen LogP) is 3.05. The van der Waals surface area contributed by atoms with Crippen LogP contribution in [0.5, 0.6) is 0 Å². The fraction of sp³-hybridized carbons (Fsp3) is 0.308. The van der Waals surface area contributed by atoms with Crippen LogP contribution in [0.2, 0.25) is 0 Å². The molecule has 0 saturated heterocycles. The second-order valence-electron chi connectivity index (χ2n) is 4.45. The van der Waals surface area contributed by atoms with Gasteiger partial charge in [-0.25, -0.2) is 8.78 Å². The Labute approximate surface area is 112 Å². The standard InChI is InChI=1S/C13H14F2N2OS/c1-9(2)17-6-5-10(16-17)8-19(18)11-3-4-12(14)13(15)7-11/h3-7,9H,8H2,1-2H3/t19-/m1/s1. The van der Waals surface area contributed by atoms with Gasteiger partial charge in [-0.05, 0) is 38.1 Å². The van der Waals surface area contributed by atoms with Crippen LogP contribution >= 0.6 is 0 Å². The average molecular weight is 284 g/mol. The Bertz CT molecular complexity index is 610. The maximum Gasteiger partial charge on any atom is 0.160 e. The van der Waals surface area contributed by atoms with Gasteiger partial charge in [-0.15, -0.1) is 0 Å². The van der Waals surface area contributed by atoms with E-state index in [-0.39, 0.29) is 16.7 Å². The number of hydrogen-bond donors (Lipinski definition) is 0. The lowest BCUT2D eigenvalue weighted by Gasteiger charge is -2.04. The van der Waals surface area contributed by atoms with Crippen LogP contribution in [0.25, 0.3) is 0 Å². The summed E-state index contributed by atoms with van der Waals surface area (Å²) in [4.78, 5) is 0.262. The highest BCUT2D eigenvalue weighted by Crippen LogP contribution is 2.15. The van der Waals surface area contributed by atoms with Crippen molar-refractivity contribution in [1.82, 2.24) is 9.78 Å². The van der Waals surface area contributed by atoms with E-state index in [4.69, 9.17) is 0 Å². The van der Waals surface area contributed by atoms with Crippen LogP contribution in [0.3, 0.4) is 0 Å². The van der Waals surface area contributed by atoms with E-state index in [2.05, 4.69) is 5.10 Å². The zero-order valence-electron chi connectivity index (χ0n) is 10.6. The highest BCUT2D eigenvalue weighted by Gasteiger charge is 2.11. The molecule has 2 rings (SSSR count). The summed E-state index contributed by atoms with van der Waals surface area (Å²) < 4.78 is 39.6. The molecule has 19 heavy (non-hydrogen) atoms. The summed E-state index contributed by atoms with van der Waals surface area (Å²) in [6.45, 7) is 3.98. The van der Waals surface area contributed by atoms with Gasteiger partial charge in [0.1, 0.15) is 0 Å². The number of halogens is 2. The van der Waals surface area contributed by atoms with Gasteiger partial charge in [-0.3, -0.25) is 8.89 Å². The van der Waals surface area contributed by atoms with Gasteiger partial charge < -0.3 is 0 Å². The minimum Gasteiger partial charge on any atom is -0.270 e. The first-order chi connectivity index (χ1) is 8.97. The maximum absolute atomic E-state index is 13.1. The van der Waals surface area contributed by atoms with E-state index in [0.29, 0.717) is 5.69 Å². The van der Waals surface area contributed by atoms with Gasteiger partial charge in [0.25, 0.3) is 0 Å². The van der Waals surface area contributed by atoms with Crippen LogP contribution in [0.1, 0.15) is 25.6 Å².